The lowest BCUT2D eigenvalue weighted by molar-refractivity contribution is -0.117. The van der Waals surface area contributed by atoms with E-state index in [2.05, 4.69) is 11.7 Å². The molecule has 2 nitrogen and oxygen atoms in total. The molecular weight excluding hydrogens is 138 g/mol. The Bertz CT molecular complexity index is 254. The highest BCUT2D eigenvalue weighted by Gasteiger charge is 1.97. The summed E-state index contributed by atoms with van der Waals surface area (Å²) in [4.78, 5) is 14.0. The van der Waals surface area contributed by atoms with Crippen molar-refractivity contribution >= 4 is 12.6 Å². The van der Waals surface area contributed by atoms with E-state index in [4.69, 9.17) is 0 Å². The van der Waals surface area contributed by atoms with Crippen LogP contribution in [0.25, 0.3) is 0 Å². The Labute approximate surface area is 65.6 Å². The molecule has 1 rings (SSSR count). The van der Waals surface area contributed by atoms with Crippen molar-refractivity contribution in [2.45, 2.75) is 6.42 Å². The van der Waals surface area contributed by atoms with Crippen molar-refractivity contribution in [3.05, 3.63) is 35.9 Å². The molecule has 0 aliphatic heterocycles. The molecule has 0 aliphatic rings. The van der Waals surface area contributed by atoms with Crippen molar-refractivity contribution in [1.82, 2.24) is 0 Å². The molecule has 1 amide bonds. The van der Waals surface area contributed by atoms with Gasteiger partial charge in [-0.05, 0) is 12.3 Å². The first kappa shape index (κ1) is 7.66. The van der Waals surface area contributed by atoms with Crippen LogP contribution in [-0.2, 0) is 11.2 Å². The highest BCUT2D eigenvalue weighted by molar-refractivity contribution is 5.82. The summed E-state index contributed by atoms with van der Waals surface area (Å²) in [7, 11) is 0. The van der Waals surface area contributed by atoms with Gasteiger partial charge in [0.15, 0.2) is 0 Å². The molecule has 2 heteroatoms. The fraction of sp³-hybridized carbons (Fsp3) is 0.111. The van der Waals surface area contributed by atoms with Crippen LogP contribution in [0.1, 0.15) is 5.56 Å². The van der Waals surface area contributed by atoms with Gasteiger partial charge in [0, 0.05) is 0 Å². The van der Waals surface area contributed by atoms with Crippen LogP contribution < -0.4 is 0 Å². The Kier molecular flexibility index (Phi) is 2.55. The van der Waals surface area contributed by atoms with Crippen LogP contribution >= 0.6 is 0 Å². The minimum atomic E-state index is -0.184. The fourth-order valence-corrected chi connectivity index (χ4v) is 0.826. The Morgan fingerprint density at radius 1 is 1.36 bits per heavy atom. The van der Waals surface area contributed by atoms with Gasteiger partial charge in [-0.2, -0.15) is 0 Å². The number of rotatable bonds is 2. The van der Waals surface area contributed by atoms with Gasteiger partial charge < -0.3 is 0 Å². The molecule has 0 aromatic heterocycles. The second-order valence-electron chi connectivity index (χ2n) is 2.21. The molecular formula is C9H9NO. The number of amides is 1. The summed E-state index contributed by atoms with van der Waals surface area (Å²) in [6, 6.07) is 9.48. The van der Waals surface area contributed by atoms with Gasteiger partial charge in [0.25, 0.3) is 0 Å². The molecule has 0 saturated heterocycles. The summed E-state index contributed by atoms with van der Waals surface area (Å²) < 4.78 is 0. The number of hydrogen-bond donors (Lipinski definition) is 0. The minimum absolute atomic E-state index is 0.184. The lowest BCUT2D eigenvalue weighted by atomic mass is 10.1. The minimum Gasteiger partial charge on any atom is -0.272 e. The molecule has 1 aromatic carbocycles. The Morgan fingerprint density at radius 3 is 2.55 bits per heavy atom. The average Bonchev–Trinajstić information content (AvgIpc) is 2.06. The van der Waals surface area contributed by atoms with E-state index in [1.165, 1.54) is 0 Å². The van der Waals surface area contributed by atoms with Gasteiger partial charge in [-0.15, -0.1) is 0 Å². The van der Waals surface area contributed by atoms with Crippen molar-refractivity contribution in [1.29, 1.82) is 0 Å². The zero-order valence-corrected chi connectivity index (χ0v) is 6.16. The summed E-state index contributed by atoms with van der Waals surface area (Å²) in [6.45, 7) is 3.16. The van der Waals surface area contributed by atoms with Gasteiger partial charge in [-0.25, -0.2) is 4.99 Å². The number of hydrogen-bond acceptors (Lipinski definition) is 1. The van der Waals surface area contributed by atoms with Crippen LogP contribution in [0.2, 0.25) is 0 Å². The number of carbonyl (C=O) groups excluding carboxylic acids is 1. The third kappa shape index (κ3) is 2.34. The fourth-order valence-electron chi connectivity index (χ4n) is 0.826. The molecule has 0 fully saturated rings. The predicted molar refractivity (Wildman–Crippen MR) is 44.7 cm³/mol. The molecule has 0 radical (unpaired) electrons. The summed E-state index contributed by atoms with van der Waals surface area (Å²) in [5.74, 6) is -0.184. The lowest BCUT2D eigenvalue weighted by Gasteiger charge is -1.93. The van der Waals surface area contributed by atoms with Crippen LogP contribution in [0.3, 0.4) is 0 Å². The van der Waals surface area contributed by atoms with Gasteiger partial charge in [0.2, 0.25) is 5.91 Å². The monoisotopic (exact) mass is 147 g/mol. The first-order chi connectivity index (χ1) is 5.33. The maximum Gasteiger partial charge on any atom is 0.249 e. The molecule has 0 aliphatic carbocycles. The third-order valence-electron chi connectivity index (χ3n) is 1.37. The molecule has 0 spiro atoms. The highest BCUT2D eigenvalue weighted by atomic mass is 16.1. The van der Waals surface area contributed by atoms with Crippen LogP contribution in [0.4, 0.5) is 0 Å². The van der Waals surface area contributed by atoms with Crippen molar-refractivity contribution < 1.29 is 4.79 Å². The Hall–Kier alpha value is -1.44. The van der Waals surface area contributed by atoms with Crippen LogP contribution in [0.15, 0.2) is 35.3 Å². The normalized spacial score (nSPS) is 9.09. The van der Waals surface area contributed by atoms with E-state index in [1.807, 2.05) is 30.3 Å². The van der Waals surface area contributed by atoms with Gasteiger partial charge in [-0.1, -0.05) is 30.3 Å². The molecule has 0 N–H and O–H groups in total. The zero-order valence-electron chi connectivity index (χ0n) is 6.16. The van der Waals surface area contributed by atoms with Crippen molar-refractivity contribution in [2.75, 3.05) is 0 Å². The zero-order chi connectivity index (χ0) is 8.10. The first-order valence-corrected chi connectivity index (χ1v) is 3.36. The topological polar surface area (TPSA) is 29.4 Å². The Morgan fingerprint density at radius 2 is 2.00 bits per heavy atom. The standard InChI is InChI=1S/C9H9NO/c1-10-9(11)7-8-5-3-2-4-6-8/h2-6H,1,7H2. The first-order valence-electron chi connectivity index (χ1n) is 3.36. The lowest BCUT2D eigenvalue weighted by Crippen LogP contribution is -1.96. The largest absolute Gasteiger partial charge is 0.272 e. The van der Waals surface area contributed by atoms with E-state index < -0.39 is 0 Å². The van der Waals surface area contributed by atoms with Gasteiger partial charge in [0.1, 0.15) is 0 Å². The summed E-state index contributed by atoms with van der Waals surface area (Å²) in [6.07, 6.45) is 0.352. The van der Waals surface area contributed by atoms with Crippen molar-refractivity contribution in [2.24, 2.45) is 4.99 Å². The van der Waals surface area contributed by atoms with E-state index in [-0.39, 0.29) is 5.91 Å². The molecule has 0 bridgehead atoms. The maximum atomic E-state index is 10.8. The summed E-state index contributed by atoms with van der Waals surface area (Å²) >= 11 is 0. The Balaban J connectivity index is 2.65. The number of nitrogens with zero attached hydrogens (tertiary/aromatic N) is 1. The SMILES string of the molecule is C=NC(=O)Cc1ccccc1. The smallest absolute Gasteiger partial charge is 0.249 e. The quantitative estimate of drug-likeness (QED) is 0.582. The van der Waals surface area contributed by atoms with Crippen molar-refractivity contribution in [3.63, 3.8) is 0 Å². The number of aliphatic imine (C=N–C) groups is 1. The second-order valence-corrected chi connectivity index (χ2v) is 2.21. The third-order valence-corrected chi connectivity index (χ3v) is 1.37. The second kappa shape index (κ2) is 3.66. The van der Waals surface area contributed by atoms with E-state index in [0.717, 1.165) is 5.56 Å². The molecule has 56 valence electrons. The van der Waals surface area contributed by atoms with E-state index in [1.54, 1.807) is 0 Å². The van der Waals surface area contributed by atoms with E-state index in [0.29, 0.717) is 6.42 Å². The maximum absolute atomic E-state index is 10.8. The van der Waals surface area contributed by atoms with E-state index in [9.17, 15) is 4.79 Å². The summed E-state index contributed by atoms with van der Waals surface area (Å²) in [5.41, 5.74) is 0.977. The molecule has 0 saturated carbocycles. The van der Waals surface area contributed by atoms with Crippen LogP contribution in [0, 0.1) is 0 Å². The van der Waals surface area contributed by atoms with Crippen LogP contribution in [0.5, 0.6) is 0 Å². The van der Waals surface area contributed by atoms with Crippen molar-refractivity contribution in [3.8, 4) is 0 Å². The molecule has 0 heterocycles. The van der Waals surface area contributed by atoms with Gasteiger partial charge in [-0.3, -0.25) is 4.79 Å². The highest BCUT2D eigenvalue weighted by Crippen LogP contribution is 1.99. The molecule has 11 heavy (non-hydrogen) atoms. The van der Waals surface area contributed by atoms with Crippen LogP contribution in [-0.4, -0.2) is 12.6 Å². The number of carbonyl (C=O) groups is 1. The molecule has 0 atom stereocenters. The number of benzene rings is 1. The average molecular weight is 147 g/mol. The van der Waals surface area contributed by atoms with Gasteiger partial charge in [0.05, 0.1) is 6.42 Å². The van der Waals surface area contributed by atoms with E-state index >= 15 is 0 Å². The predicted octanol–water partition coefficient (Wildman–Crippen LogP) is 1.46. The summed E-state index contributed by atoms with van der Waals surface area (Å²) in [5, 5.41) is 0. The molecule has 0 unspecified atom stereocenters. The van der Waals surface area contributed by atoms with Gasteiger partial charge >= 0.3 is 0 Å². The molecule has 1 aromatic rings.